The van der Waals surface area contributed by atoms with Gasteiger partial charge in [0.15, 0.2) is 0 Å². The molecule has 1 aromatic heterocycles. The molecule has 0 saturated heterocycles. The van der Waals surface area contributed by atoms with Crippen LogP contribution in [0.15, 0.2) is 84.9 Å². The molecule has 0 radical (unpaired) electrons. The minimum absolute atomic E-state index is 0.0710. The lowest BCUT2D eigenvalue weighted by molar-refractivity contribution is 0.0950. The van der Waals surface area contributed by atoms with Crippen LogP contribution in [-0.4, -0.2) is 10.9 Å². The summed E-state index contributed by atoms with van der Waals surface area (Å²) in [5.41, 5.74) is 4.99. The first-order valence-electron chi connectivity index (χ1n) is 8.30. The molecule has 3 aromatic carbocycles. The molecule has 1 amide bonds. The Hall–Kier alpha value is -3.33. The van der Waals surface area contributed by atoms with Gasteiger partial charge in [0.25, 0.3) is 5.91 Å². The summed E-state index contributed by atoms with van der Waals surface area (Å²) < 4.78 is 0. The van der Waals surface area contributed by atoms with E-state index < -0.39 is 0 Å². The Bertz CT molecular complexity index is 968. The van der Waals surface area contributed by atoms with Gasteiger partial charge in [0.1, 0.15) is 0 Å². The van der Waals surface area contributed by atoms with E-state index in [2.05, 4.69) is 34.6 Å². The summed E-state index contributed by atoms with van der Waals surface area (Å²) in [4.78, 5) is 15.7. The summed E-state index contributed by atoms with van der Waals surface area (Å²) in [6.07, 6.45) is 0. The van der Waals surface area contributed by atoms with Gasteiger partial charge < -0.3 is 10.3 Å². The fourth-order valence-corrected chi connectivity index (χ4v) is 2.95. The number of carbonyl (C=O) groups excluding carboxylic acids is 1. The van der Waals surface area contributed by atoms with E-state index in [-0.39, 0.29) is 5.91 Å². The standard InChI is InChI=1S/C22H18N2O/c25-22(23-15-20-14-19-8-4-5-9-21(19)24-20)18-12-10-17(11-13-18)16-6-2-1-3-7-16/h1-14,24H,15H2,(H,23,25). The van der Waals surface area contributed by atoms with Crippen LogP contribution in [0.3, 0.4) is 0 Å². The number of fused-ring (bicyclic) bond motifs is 1. The van der Waals surface area contributed by atoms with E-state index >= 15 is 0 Å². The van der Waals surface area contributed by atoms with Crippen LogP contribution in [0, 0.1) is 0 Å². The molecule has 0 spiro atoms. The number of aromatic amines is 1. The second-order valence-electron chi connectivity index (χ2n) is 6.01. The number of hydrogen-bond acceptors (Lipinski definition) is 1. The first-order valence-corrected chi connectivity index (χ1v) is 8.30. The third kappa shape index (κ3) is 3.31. The maximum absolute atomic E-state index is 12.4. The van der Waals surface area contributed by atoms with Crippen molar-refractivity contribution in [1.82, 2.24) is 10.3 Å². The normalized spacial score (nSPS) is 10.7. The minimum Gasteiger partial charge on any atom is -0.357 e. The van der Waals surface area contributed by atoms with Crippen molar-refractivity contribution >= 4 is 16.8 Å². The lowest BCUT2D eigenvalue weighted by atomic mass is 10.0. The lowest BCUT2D eigenvalue weighted by Crippen LogP contribution is -2.22. The molecule has 0 aliphatic rings. The maximum atomic E-state index is 12.4. The van der Waals surface area contributed by atoms with Crippen LogP contribution in [0.4, 0.5) is 0 Å². The van der Waals surface area contributed by atoms with Crippen LogP contribution < -0.4 is 5.32 Å². The number of amides is 1. The van der Waals surface area contributed by atoms with Gasteiger partial charge in [0.05, 0.1) is 6.54 Å². The summed E-state index contributed by atoms with van der Waals surface area (Å²) in [7, 11) is 0. The highest BCUT2D eigenvalue weighted by molar-refractivity contribution is 5.94. The van der Waals surface area contributed by atoms with Crippen molar-refractivity contribution in [2.45, 2.75) is 6.54 Å². The third-order valence-corrected chi connectivity index (χ3v) is 4.28. The molecular weight excluding hydrogens is 308 g/mol. The van der Waals surface area contributed by atoms with Gasteiger partial charge in [-0.25, -0.2) is 0 Å². The highest BCUT2D eigenvalue weighted by Crippen LogP contribution is 2.19. The summed E-state index contributed by atoms with van der Waals surface area (Å²) in [6.45, 7) is 0.480. The van der Waals surface area contributed by atoms with Gasteiger partial charge >= 0.3 is 0 Å². The number of hydrogen-bond donors (Lipinski definition) is 2. The molecule has 0 aliphatic heterocycles. The van der Waals surface area contributed by atoms with E-state index in [9.17, 15) is 4.79 Å². The van der Waals surface area contributed by atoms with Crippen molar-refractivity contribution in [2.75, 3.05) is 0 Å². The maximum Gasteiger partial charge on any atom is 0.251 e. The Kier molecular flexibility index (Phi) is 4.05. The largest absolute Gasteiger partial charge is 0.357 e. The van der Waals surface area contributed by atoms with Crippen LogP contribution in [0.1, 0.15) is 16.1 Å². The van der Waals surface area contributed by atoms with Gasteiger partial charge in [-0.05, 0) is 40.8 Å². The van der Waals surface area contributed by atoms with Crippen molar-refractivity contribution < 1.29 is 4.79 Å². The average molecular weight is 326 g/mol. The van der Waals surface area contributed by atoms with Gasteiger partial charge in [0, 0.05) is 16.8 Å². The van der Waals surface area contributed by atoms with E-state index in [1.165, 1.54) is 0 Å². The quantitative estimate of drug-likeness (QED) is 0.558. The van der Waals surface area contributed by atoms with Crippen LogP contribution in [-0.2, 0) is 6.54 Å². The molecule has 122 valence electrons. The Labute approximate surface area is 146 Å². The highest BCUT2D eigenvalue weighted by atomic mass is 16.1. The highest BCUT2D eigenvalue weighted by Gasteiger charge is 2.07. The monoisotopic (exact) mass is 326 g/mol. The number of carbonyl (C=O) groups is 1. The SMILES string of the molecule is O=C(NCc1cc2ccccc2[nH]1)c1ccc(-c2ccccc2)cc1. The summed E-state index contributed by atoms with van der Waals surface area (Å²) in [5, 5.41) is 4.12. The average Bonchev–Trinajstić information content (AvgIpc) is 3.10. The van der Waals surface area contributed by atoms with Crippen LogP contribution in [0.5, 0.6) is 0 Å². The second kappa shape index (κ2) is 6.65. The van der Waals surface area contributed by atoms with Crippen LogP contribution in [0.2, 0.25) is 0 Å². The van der Waals surface area contributed by atoms with Gasteiger partial charge in [-0.1, -0.05) is 60.7 Å². The van der Waals surface area contributed by atoms with E-state index in [1.54, 1.807) is 0 Å². The summed E-state index contributed by atoms with van der Waals surface area (Å²) in [6, 6.07) is 28.0. The van der Waals surface area contributed by atoms with Crippen molar-refractivity contribution in [3.8, 4) is 11.1 Å². The molecule has 3 heteroatoms. The molecule has 0 atom stereocenters. The molecule has 0 bridgehead atoms. The topological polar surface area (TPSA) is 44.9 Å². The summed E-state index contributed by atoms with van der Waals surface area (Å²) in [5.74, 6) is -0.0710. The molecule has 2 N–H and O–H groups in total. The molecule has 4 aromatic rings. The van der Waals surface area contributed by atoms with Crippen molar-refractivity contribution in [3.05, 3.63) is 96.2 Å². The predicted octanol–water partition coefficient (Wildman–Crippen LogP) is 4.76. The number of aromatic nitrogens is 1. The van der Waals surface area contributed by atoms with Crippen molar-refractivity contribution in [3.63, 3.8) is 0 Å². The summed E-state index contributed by atoms with van der Waals surface area (Å²) >= 11 is 0. The van der Waals surface area contributed by atoms with Gasteiger partial charge in [-0.3, -0.25) is 4.79 Å². The van der Waals surface area contributed by atoms with E-state index in [0.717, 1.165) is 27.7 Å². The van der Waals surface area contributed by atoms with Crippen molar-refractivity contribution in [1.29, 1.82) is 0 Å². The van der Waals surface area contributed by atoms with E-state index in [1.807, 2.05) is 60.7 Å². The molecule has 0 unspecified atom stereocenters. The van der Waals surface area contributed by atoms with E-state index in [0.29, 0.717) is 12.1 Å². The number of para-hydroxylation sites is 1. The Morgan fingerprint density at radius 1 is 0.800 bits per heavy atom. The van der Waals surface area contributed by atoms with Gasteiger partial charge in [0.2, 0.25) is 0 Å². The van der Waals surface area contributed by atoms with Gasteiger partial charge in [-0.15, -0.1) is 0 Å². The van der Waals surface area contributed by atoms with Crippen molar-refractivity contribution in [2.24, 2.45) is 0 Å². The number of H-pyrrole nitrogens is 1. The fraction of sp³-hybridized carbons (Fsp3) is 0.0455. The van der Waals surface area contributed by atoms with Crippen LogP contribution in [0.25, 0.3) is 22.0 Å². The molecule has 0 fully saturated rings. The first-order chi connectivity index (χ1) is 12.3. The number of benzene rings is 3. The Balaban J connectivity index is 1.44. The molecule has 1 heterocycles. The molecule has 25 heavy (non-hydrogen) atoms. The third-order valence-electron chi connectivity index (χ3n) is 4.28. The van der Waals surface area contributed by atoms with E-state index in [4.69, 9.17) is 0 Å². The fourth-order valence-electron chi connectivity index (χ4n) is 2.95. The number of rotatable bonds is 4. The molecule has 0 saturated carbocycles. The zero-order chi connectivity index (χ0) is 17.1. The molecule has 3 nitrogen and oxygen atoms in total. The number of nitrogens with one attached hydrogen (secondary N) is 2. The van der Waals surface area contributed by atoms with Crippen LogP contribution >= 0.6 is 0 Å². The zero-order valence-electron chi connectivity index (χ0n) is 13.7. The second-order valence-corrected chi connectivity index (χ2v) is 6.01. The zero-order valence-corrected chi connectivity index (χ0v) is 13.7. The predicted molar refractivity (Wildman–Crippen MR) is 101 cm³/mol. The molecule has 0 aliphatic carbocycles. The smallest absolute Gasteiger partial charge is 0.251 e. The first kappa shape index (κ1) is 15.2. The minimum atomic E-state index is -0.0710. The molecular formula is C22H18N2O. The Morgan fingerprint density at radius 3 is 2.24 bits per heavy atom. The lowest BCUT2D eigenvalue weighted by Gasteiger charge is -2.06. The van der Waals surface area contributed by atoms with Gasteiger partial charge in [-0.2, -0.15) is 0 Å². The Morgan fingerprint density at radius 2 is 1.48 bits per heavy atom. The molecule has 4 rings (SSSR count).